The number of likely N-dealkylation sites (N-methyl/N-ethyl adjacent to an activating group) is 1. The lowest BCUT2D eigenvalue weighted by Gasteiger charge is -2.19. The maximum absolute atomic E-state index is 4.02. The van der Waals surface area contributed by atoms with Crippen LogP contribution in [0.2, 0.25) is 0 Å². The summed E-state index contributed by atoms with van der Waals surface area (Å²) in [5, 5.41) is 3.50. The van der Waals surface area contributed by atoms with Gasteiger partial charge in [0.2, 0.25) is 0 Å². The van der Waals surface area contributed by atoms with E-state index in [-0.39, 0.29) is 0 Å². The molecule has 0 aliphatic carbocycles. The van der Waals surface area contributed by atoms with E-state index >= 15 is 0 Å². The van der Waals surface area contributed by atoms with E-state index in [1.165, 1.54) is 18.5 Å². The van der Waals surface area contributed by atoms with Gasteiger partial charge in [0.25, 0.3) is 0 Å². The summed E-state index contributed by atoms with van der Waals surface area (Å²) in [7, 11) is 0. The molecular formula is C14H25N3. The zero-order valence-corrected chi connectivity index (χ0v) is 11.2. The summed E-state index contributed by atoms with van der Waals surface area (Å²) in [4.78, 5) is 6.50. The molecule has 1 rings (SSSR count). The molecule has 0 unspecified atom stereocenters. The molecule has 17 heavy (non-hydrogen) atoms. The summed E-state index contributed by atoms with van der Waals surface area (Å²) in [6, 6.07) is 4.16. The van der Waals surface area contributed by atoms with Gasteiger partial charge in [-0.1, -0.05) is 13.8 Å². The van der Waals surface area contributed by atoms with E-state index in [2.05, 4.69) is 41.2 Å². The summed E-state index contributed by atoms with van der Waals surface area (Å²) >= 11 is 0. The van der Waals surface area contributed by atoms with Gasteiger partial charge in [-0.2, -0.15) is 0 Å². The first-order valence-electron chi connectivity index (χ1n) is 6.68. The molecule has 0 saturated heterocycles. The second-order valence-corrected chi connectivity index (χ2v) is 4.29. The highest BCUT2D eigenvalue weighted by molar-refractivity contribution is 5.09. The van der Waals surface area contributed by atoms with Crippen LogP contribution in [-0.2, 0) is 6.42 Å². The van der Waals surface area contributed by atoms with Crippen LogP contribution in [0.15, 0.2) is 24.5 Å². The predicted octanol–water partition coefficient (Wildman–Crippen LogP) is 1.95. The molecule has 1 aromatic rings. The van der Waals surface area contributed by atoms with Crippen LogP contribution in [0.1, 0.15) is 25.8 Å². The summed E-state index contributed by atoms with van der Waals surface area (Å²) in [5.41, 5.74) is 1.36. The lowest BCUT2D eigenvalue weighted by atomic mass is 10.2. The standard InChI is InChI=1S/C14H25N3/c1-3-12-17(4-2)13-11-16-10-7-14-5-8-15-9-6-14/h5-6,8-9,16H,3-4,7,10-13H2,1-2H3. The Morgan fingerprint density at radius 1 is 1.12 bits per heavy atom. The van der Waals surface area contributed by atoms with Gasteiger partial charge >= 0.3 is 0 Å². The number of aromatic nitrogens is 1. The van der Waals surface area contributed by atoms with Gasteiger partial charge in [-0.15, -0.1) is 0 Å². The fraction of sp³-hybridized carbons (Fsp3) is 0.643. The third kappa shape index (κ3) is 6.39. The Bertz CT molecular complexity index is 274. The second-order valence-electron chi connectivity index (χ2n) is 4.29. The zero-order chi connectivity index (χ0) is 12.3. The topological polar surface area (TPSA) is 28.2 Å². The van der Waals surface area contributed by atoms with Gasteiger partial charge in [-0.3, -0.25) is 4.98 Å². The predicted molar refractivity (Wildman–Crippen MR) is 73.2 cm³/mol. The molecule has 0 bridgehead atoms. The van der Waals surface area contributed by atoms with Crippen molar-refractivity contribution in [2.24, 2.45) is 0 Å². The van der Waals surface area contributed by atoms with Crippen molar-refractivity contribution in [3.63, 3.8) is 0 Å². The van der Waals surface area contributed by atoms with Gasteiger partial charge in [-0.05, 0) is 50.2 Å². The number of pyridine rings is 1. The molecule has 1 aromatic heterocycles. The Morgan fingerprint density at radius 3 is 2.53 bits per heavy atom. The molecule has 0 aliphatic heterocycles. The van der Waals surface area contributed by atoms with Crippen molar-refractivity contribution in [3.8, 4) is 0 Å². The summed E-state index contributed by atoms with van der Waals surface area (Å²) in [6.45, 7) is 10.1. The fourth-order valence-electron chi connectivity index (χ4n) is 1.89. The van der Waals surface area contributed by atoms with Crippen LogP contribution in [0.3, 0.4) is 0 Å². The molecule has 0 radical (unpaired) electrons. The molecule has 0 saturated carbocycles. The van der Waals surface area contributed by atoms with Crippen molar-refractivity contribution in [1.29, 1.82) is 0 Å². The summed E-state index contributed by atoms with van der Waals surface area (Å²) < 4.78 is 0. The monoisotopic (exact) mass is 235 g/mol. The molecule has 0 amide bonds. The number of rotatable bonds is 9. The first kappa shape index (κ1) is 14.1. The molecule has 3 heteroatoms. The maximum atomic E-state index is 4.02. The van der Waals surface area contributed by atoms with Gasteiger partial charge in [0, 0.05) is 25.5 Å². The lowest BCUT2D eigenvalue weighted by molar-refractivity contribution is 0.288. The largest absolute Gasteiger partial charge is 0.315 e. The van der Waals surface area contributed by atoms with Crippen LogP contribution < -0.4 is 5.32 Å². The quantitative estimate of drug-likeness (QED) is 0.663. The number of nitrogens with one attached hydrogen (secondary N) is 1. The minimum Gasteiger partial charge on any atom is -0.315 e. The molecule has 3 nitrogen and oxygen atoms in total. The Hall–Kier alpha value is -0.930. The molecular weight excluding hydrogens is 210 g/mol. The van der Waals surface area contributed by atoms with Crippen molar-refractivity contribution < 1.29 is 0 Å². The van der Waals surface area contributed by atoms with E-state index in [4.69, 9.17) is 0 Å². The molecule has 0 fully saturated rings. The number of hydrogen-bond donors (Lipinski definition) is 1. The molecule has 0 aromatic carbocycles. The molecule has 1 N–H and O–H groups in total. The van der Waals surface area contributed by atoms with Crippen LogP contribution in [-0.4, -0.2) is 42.6 Å². The SMILES string of the molecule is CCCN(CC)CCNCCc1ccncc1. The van der Waals surface area contributed by atoms with Crippen molar-refractivity contribution in [3.05, 3.63) is 30.1 Å². The lowest BCUT2D eigenvalue weighted by Crippen LogP contribution is -2.33. The van der Waals surface area contributed by atoms with Gasteiger partial charge in [0.1, 0.15) is 0 Å². The first-order valence-corrected chi connectivity index (χ1v) is 6.68. The summed E-state index contributed by atoms with van der Waals surface area (Å²) in [6.07, 6.45) is 6.04. The Morgan fingerprint density at radius 2 is 1.88 bits per heavy atom. The maximum Gasteiger partial charge on any atom is 0.0270 e. The Labute approximate surface area is 105 Å². The van der Waals surface area contributed by atoms with E-state index in [0.29, 0.717) is 0 Å². The Balaban J connectivity index is 2.04. The normalized spacial score (nSPS) is 11.0. The average Bonchev–Trinajstić information content (AvgIpc) is 2.38. The van der Waals surface area contributed by atoms with E-state index in [1.807, 2.05) is 12.4 Å². The average molecular weight is 235 g/mol. The van der Waals surface area contributed by atoms with Crippen molar-refractivity contribution in [2.75, 3.05) is 32.7 Å². The highest BCUT2D eigenvalue weighted by Gasteiger charge is 1.99. The first-order chi connectivity index (χ1) is 8.36. The van der Waals surface area contributed by atoms with E-state index in [1.54, 1.807) is 0 Å². The number of hydrogen-bond acceptors (Lipinski definition) is 3. The minimum atomic E-state index is 1.05. The third-order valence-electron chi connectivity index (χ3n) is 2.93. The fourth-order valence-corrected chi connectivity index (χ4v) is 1.89. The smallest absolute Gasteiger partial charge is 0.0270 e. The van der Waals surface area contributed by atoms with E-state index in [9.17, 15) is 0 Å². The van der Waals surface area contributed by atoms with Crippen LogP contribution in [0.4, 0.5) is 0 Å². The van der Waals surface area contributed by atoms with Gasteiger partial charge in [-0.25, -0.2) is 0 Å². The summed E-state index contributed by atoms with van der Waals surface area (Å²) in [5.74, 6) is 0. The van der Waals surface area contributed by atoms with Crippen molar-refractivity contribution >= 4 is 0 Å². The third-order valence-corrected chi connectivity index (χ3v) is 2.93. The van der Waals surface area contributed by atoms with E-state index in [0.717, 1.165) is 32.6 Å². The molecule has 1 heterocycles. The number of nitrogens with zero attached hydrogens (tertiary/aromatic N) is 2. The van der Waals surface area contributed by atoms with Crippen molar-refractivity contribution in [2.45, 2.75) is 26.7 Å². The molecule has 96 valence electrons. The van der Waals surface area contributed by atoms with Gasteiger partial charge in [0.15, 0.2) is 0 Å². The van der Waals surface area contributed by atoms with Gasteiger partial charge in [0.05, 0.1) is 0 Å². The highest BCUT2D eigenvalue weighted by Crippen LogP contribution is 1.96. The zero-order valence-electron chi connectivity index (χ0n) is 11.2. The molecule has 0 spiro atoms. The highest BCUT2D eigenvalue weighted by atomic mass is 15.1. The van der Waals surface area contributed by atoms with Crippen LogP contribution in [0.5, 0.6) is 0 Å². The van der Waals surface area contributed by atoms with Crippen LogP contribution >= 0.6 is 0 Å². The minimum absolute atomic E-state index is 1.05. The van der Waals surface area contributed by atoms with Crippen LogP contribution in [0, 0.1) is 0 Å². The molecule has 0 aliphatic rings. The van der Waals surface area contributed by atoms with Gasteiger partial charge < -0.3 is 10.2 Å². The van der Waals surface area contributed by atoms with E-state index < -0.39 is 0 Å². The van der Waals surface area contributed by atoms with Crippen LogP contribution in [0.25, 0.3) is 0 Å². The second kappa shape index (κ2) is 9.14. The Kier molecular flexibility index (Phi) is 7.60. The molecule has 0 atom stereocenters. The van der Waals surface area contributed by atoms with Crippen molar-refractivity contribution in [1.82, 2.24) is 15.2 Å².